The predicted octanol–water partition coefficient (Wildman–Crippen LogP) is 6.25. The Hall–Kier alpha value is -4.35. The molecule has 32 heavy (non-hydrogen) atoms. The van der Waals surface area contributed by atoms with Gasteiger partial charge in [0.2, 0.25) is 0 Å². The molecule has 0 bridgehead atoms. The lowest BCUT2D eigenvalue weighted by atomic mass is 10.1. The average Bonchev–Trinajstić information content (AvgIpc) is 2.84. The smallest absolute Gasteiger partial charge is 0.293 e. The number of rotatable bonds is 6. The van der Waals surface area contributed by atoms with Crippen LogP contribution in [0.15, 0.2) is 84.9 Å². The third-order valence-corrected chi connectivity index (χ3v) is 5.45. The van der Waals surface area contributed by atoms with E-state index < -0.39 is 0 Å². The molecule has 0 heterocycles. The van der Waals surface area contributed by atoms with Gasteiger partial charge in [-0.3, -0.25) is 9.80 Å². The number of amides is 2. The minimum atomic E-state index is -0.249. The van der Waals surface area contributed by atoms with Crippen molar-refractivity contribution in [1.82, 2.24) is 0 Å². The molecule has 4 aromatic carbocycles. The first-order chi connectivity index (χ1) is 15.7. The normalized spacial score (nSPS) is 10.4. The topological polar surface area (TPSA) is 71.1 Å². The van der Waals surface area contributed by atoms with E-state index in [1.54, 1.807) is 9.80 Å². The molecule has 0 saturated heterocycles. The van der Waals surface area contributed by atoms with E-state index >= 15 is 0 Å². The number of hydrogen-bond donors (Lipinski definition) is 0. The zero-order valence-corrected chi connectivity index (χ0v) is 17.6. The molecule has 0 spiro atoms. The van der Waals surface area contributed by atoms with Gasteiger partial charge in [0.05, 0.1) is 25.0 Å². The Balaban J connectivity index is 1.74. The molecule has 5 nitrogen and oxygen atoms in total. The molecule has 0 saturated carbocycles. The summed E-state index contributed by atoms with van der Waals surface area (Å²) in [4.78, 5) is 17.0. The third-order valence-electron chi connectivity index (χ3n) is 5.45. The number of hydrogen-bond acceptors (Lipinski definition) is 3. The van der Waals surface area contributed by atoms with E-state index in [0.29, 0.717) is 0 Å². The van der Waals surface area contributed by atoms with E-state index in [1.165, 1.54) is 0 Å². The predicted molar refractivity (Wildman–Crippen MR) is 128 cm³/mol. The van der Waals surface area contributed by atoms with Crippen LogP contribution >= 0.6 is 0 Å². The van der Waals surface area contributed by atoms with Gasteiger partial charge in [0.1, 0.15) is 0 Å². The summed E-state index contributed by atoms with van der Waals surface area (Å²) in [7, 11) is 0. The van der Waals surface area contributed by atoms with Crippen LogP contribution < -0.4 is 9.80 Å². The lowest BCUT2D eigenvalue weighted by Crippen LogP contribution is -2.44. The van der Waals surface area contributed by atoms with Crippen LogP contribution in [0.25, 0.3) is 21.5 Å². The molecule has 4 aromatic rings. The maximum absolute atomic E-state index is 13.8. The first-order valence-corrected chi connectivity index (χ1v) is 10.5. The van der Waals surface area contributed by atoms with Crippen molar-refractivity contribution in [2.24, 2.45) is 0 Å². The largest absolute Gasteiger partial charge is 0.329 e. The number of carbonyl (C=O) groups excluding carboxylic acids is 1. The zero-order valence-electron chi connectivity index (χ0n) is 17.6. The quantitative estimate of drug-likeness (QED) is 0.371. The van der Waals surface area contributed by atoms with E-state index in [1.807, 2.05) is 84.9 Å². The summed E-state index contributed by atoms with van der Waals surface area (Å²) >= 11 is 0. The molecular weight excluding hydrogens is 396 g/mol. The number of urea groups is 1. The monoisotopic (exact) mass is 418 g/mol. The summed E-state index contributed by atoms with van der Waals surface area (Å²) in [6.45, 7) is 0.536. The summed E-state index contributed by atoms with van der Waals surface area (Å²) in [5.74, 6) is 0. The molecule has 0 unspecified atom stereocenters. The van der Waals surface area contributed by atoms with Gasteiger partial charge in [0.15, 0.2) is 0 Å². The lowest BCUT2D eigenvalue weighted by Gasteiger charge is -2.30. The molecule has 0 aromatic heterocycles. The minimum absolute atomic E-state index is 0.211. The highest BCUT2D eigenvalue weighted by Gasteiger charge is 2.24. The third kappa shape index (κ3) is 4.38. The SMILES string of the molecule is N#CCCN(C(=O)N(CCC#N)c1ccc2ccccc2c1)c1ccc2ccccc2c1. The van der Waals surface area contributed by atoms with Gasteiger partial charge in [0.25, 0.3) is 0 Å². The Morgan fingerprint density at radius 1 is 0.625 bits per heavy atom. The highest BCUT2D eigenvalue weighted by molar-refractivity contribution is 6.05. The molecule has 156 valence electrons. The molecule has 0 atom stereocenters. The van der Waals surface area contributed by atoms with Crippen molar-refractivity contribution < 1.29 is 4.79 Å². The van der Waals surface area contributed by atoms with Crippen LogP contribution in [-0.4, -0.2) is 19.1 Å². The number of anilines is 2. The van der Waals surface area contributed by atoms with Crippen LogP contribution in [0.4, 0.5) is 16.2 Å². The fourth-order valence-electron chi connectivity index (χ4n) is 3.83. The molecule has 0 radical (unpaired) electrons. The Bertz CT molecular complexity index is 1250. The summed E-state index contributed by atoms with van der Waals surface area (Å²) in [5, 5.41) is 22.6. The Morgan fingerprint density at radius 3 is 1.44 bits per heavy atom. The molecule has 4 rings (SSSR count). The van der Waals surface area contributed by atoms with Gasteiger partial charge in [-0.15, -0.1) is 0 Å². The van der Waals surface area contributed by atoms with Gasteiger partial charge in [-0.1, -0.05) is 60.7 Å². The number of carbonyl (C=O) groups is 1. The second-order valence-electron chi connectivity index (χ2n) is 7.46. The summed E-state index contributed by atoms with van der Waals surface area (Å²) in [6, 6.07) is 31.7. The lowest BCUT2D eigenvalue weighted by molar-refractivity contribution is 0.251. The summed E-state index contributed by atoms with van der Waals surface area (Å²) in [5.41, 5.74) is 1.46. The van der Waals surface area contributed by atoms with Crippen molar-refractivity contribution in [2.75, 3.05) is 22.9 Å². The maximum atomic E-state index is 13.8. The molecule has 0 aliphatic carbocycles. The highest BCUT2D eigenvalue weighted by Crippen LogP contribution is 2.27. The molecule has 0 aliphatic heterocycles. The molecule has 5 heteroatoms. The molecule has 0 aliphatic rings. The molecule has 2 amide bonds. The van der Waals surface area contributed by atoms with Crippen LogP contribution in [0.2, 0.25) is 0 Å². The first-order valence-electron chi connectivity index (χ1n) is 10.5. The van der Waals surface area contributed by atoms with Gasteiger partial charge in [0, 0.05) is 24.5 Å². The van der Waals surface area contributed by atoms with Crippen molar-refractivity contribution in [3.8, 4) is 12.1 Å². The Kier molecular flexibility index (Phi) is 6.30. The Labute approximate surface area is 187 Å². The zero-order chi connectivity index (χ0) is 22.3. The van der Waals surface area contributed by atoms with Crippen molar-refractivity contribution >= 4 is 39.0 Å². The van der Waals surface area contributed by atoms with Gasteiger partial charge in [-0.2, -0.15) is 10.5 Å². The van der Waals surface area contributed by atoms with E-state index in [9.17, 15) is 15.3 Å². The fraction of sp³-hybridized carbons (Fsp3) is 0.148. The van der Waals surface area contributed by atoms with E-state index in [4.69, 9.17) is 0 Å². The highest BCUT2D eigenvalue weighted by atomic mass is 16.2. The second-order valence-corrected chi connectivity index (χ2v) is 7.46. The first kappa shape index (κ1) is 20.9. The van der Waals surface area contributed by atoms with E-state index in [2.05, 4.69) is 12.1 Å². The fourth-order valence-corrected chi connectivity index (χ4v) is 3.83. The van der Waals surface area contributed by atoms with Gasteiger partial charge in [-0.25, -0.2) is 4.79 Å². The standard InChI is InChI=1S/C27H22N4O/c28-15-5-17-30(25-13-11-21-7-1-3-9-23(21)19-25)27(32)31(18-6-16-29)26-14-12-22-8-2-4-10-24(22)20-26/h1-4,7-14,19-20H,5-6,17-18H2. The summed E-state index contributed by atoms with van der Waals surface area (Å²) < 4.78 is 0. The molecule has 0 fully saturated rings. The van der Waals surface area contributed by atoms with Crippen LogP contribution in [-0.2, 0) is 0 Å². The summed E-state index contributed by atoms with van der Waals surface area (Å²) in [6.07, 6.45) is 0.421. The number of benzene rings is 4. The van der Waals surface area contributed by atoms with Gasteiger partial charge >= 0.3 is 6.03 Å². The Morgan fingerprint density at radius 2 is 1.03 bits per heavy atom. The van der Waals surface area contributed by atoms with Crippen LogP contribution in [0.1, 0.15) is 12.8 Å². The van der Waals surface area contributed by atoms with Crippen molar-refractivity contribution in [2.45, 2.75) is 12.8 Å². The van der Waals surface area contributed by atoms with E-state index in [0.717, 1.165) is 32.9 Å². The van der Waals surface area contributed by atoms with Gasteiger partial charge in [-0.05, 0) is 45.8 Å². The van der Waals surface area contributed by atoms with E-state index in [-0.39, 0.29) is 32.0 Å². The maximum Gasteiger partial charge on any atom is 0.329 e. The van der Waals surface area contributed by atoms with Gasteiger partial charge < -0.3 is 0 Å². The van der Waals surface area contributed by atoms with Crippen LogP contribution in [0, 0.1) is 22.7 Å². The molecule has 0 N–H and O–H groups in total. The minimum Gasteiger partial charge on any atom is -0.293 e. The van der Waals surface area contributed by atoms with Crippen LogP contribution in [0.5, 0.6) is 0 Å². The number of fused-ring (bicyclic) bond motifs is 2. The number of nitriles is 2. The number of nitrogens with zero attached hydrogens (tertiary/aromatic N) is 4. The average molecular weight is 419 g/mol. The van der Waals surface area contributed by atoms with Crippen molar-refractivity contribution in [3.05, 3.63) is 84.9 Å². The van der Waals surface area contributed by atoms with Crippen molar-refractivity contribution in [3.63, 3.8) is 0 Å². The van der Waals surface area contributed by atoms with Crippen molar-refractivity contribution in [1.29, 1.82) is 10.5 Å². The van der Waals surface area contributed by atoms with Crippen LogP contribution in [0.3, 0.4) is 0 Å². The second kappa shape index (κ2) is 9.64. The molecular formula is C27H22N4O.